The normalized spacial score (nSPS) is 18.6. The predicted molar refractivity (Wildman–Crippen MR) is 99.9 cm³/mol. The van der Waals surface area contributed by atoms with E-state index in [0.717, 1.165) is 12.1 Å². The lowest BCUT2D eigenvalue weighted by atomic mass is 10.0. The molecule has 2 rings (SSSR count). The van der Waals surface area contributed by atoms with E-state index in [1.807, 2.05) is 28.7 Å². The van der Waals surface area contributed by atoms with E-state index in [4.69, 9.17) is 0 Å². The average Bonchev–Trinajstić information content (AvgIpc) is 2.76. The van der Waals surface area contributed by atoms with Crippen LogP contribution >= 0.6 is 0 Å². The van der Waals surface area contributed by atoms with E-state index in [1.54, 1.807) is 12.1 Å². The summed E-state index contributed by atoms with van der Waals surface area (Å²) in [7, 11) is 1.92. The second-order valence-corrected chi connectivity index (χ2v) is 7.38. The highest BCUT2D eigenvalue weighted by atomic mass is 19.1. The third-order valence-electron chi connectivity index (χ3n) is 5.06. The van der Waals surface area contributed by atoms with Crippen molar-refractivity contribution in [3.8, 4) is 0 Å². The van der Waals surface area contributed by atoms with Crippen LogP contribution in [-0.2, 0) is 16.1 Å². The van der Waals surface area contributed by atoms with Crippen molar-refractivity contribution < 1.29 is 14.0 Å². The fourth-order valence-electron chi connectivity index (χ4n) is 3.21. The number of carbonyl (C=O) groups excluding carboxylic acids is 2. The van der Waals surface area contributed by atoms with Gasteiger partial charge in [0.1, 0.15) is 5.82 Å². The van der Waals surface area contributed by atoms with Crippen molar-refractivity contribution in [1.29, 1.82) is 0 Å². The van der Waals surface area contributed by atoms with Crippen LogP contribution in [0.15, 0.2) is 24.3 Å². The first kappa shape index (κ1) is 20.4. The highest BCUT2D eigenvalue weighted by Crippen LogP contribution is 2.21. The van der Waals surface area contributed by atoms with E-state index in [2.05, 4.69) is 13.8 Å². The second-order valence-electron chi connectivity index (χ2n) is 7.38. The average molecular weight is 363 g/mol. The molecule has 144 valence electrons. The van der Waals surface area contributed by atoms with Gasteiger partial charge in [0.05, 0.1) is 12.6 Å². The summed E-state index contributed by atoms with van der Waals surface area (Å²) in [5.41, 5.74) is 0.899. The van der Waals surface area contributed by atoms with E-state index >= 15 is 0 Å². The van der Waals surface area contributed by atoms with Gasteiger partial charge in [-0.1, -0.05) is 32.9 Å². The predicted octanol–water partition coefficient (Wildman–Crippen LogP) is 2.36. The Bertz CT molecular complexity index is 618. The summed E-state index contributed by atoms with van der Waals surface area (Å²) in [6.45, 7) is 8.78. The zero-order valence-electron chi connectivity index (χ0n) is 16.2. The third kappa shape index (κ3) is 5.27. The van der Waals surface area contributed by atoms with E-state index in [0.29, 0.717) is 32.6 Å². The Morgan fingerprint density at radius 2 is 1.96 bits per heavy atom. The molecule has 1 saturated heterocycles. The maximum absolute atomic E-state index is 13.2. The van der Waals surface area contributed by atoms with Crippen molar-refractivity contribution in [2.45, 2.75) is 39.8 Å². The van der Waals surface area contributed by atoms with Gasteiger partial charge in [0.25, 0.3) is 0 Å². The van der Waals surface area contributed by atoms with Gasteiger partial charge < -0.3 is 9.80 Å². The SMILES string of the molecule is CCN(C)CC(=O)N1CCC(=O)N(Cc2ccc(F)cc2)[C@H](C(C)C)C1. The number of hydrogen-bond donors (Lipinski definition) is 0. The largest absolute Gasteiger partial charge is 0.339 e. The number of nitrogens with zero attached hydrogens (tertiary/aromatic N) is 3. The highest BCUT2D eigenvalue weighted by Gasteiger charge is 2.33. The molecule has 0 saturated carbocycles. The number of rotatable bonds is 6. The maximum Gasteiger partial charge on any atom is 0.236 e. The topological polar surface area (TPSA) is 43.9 Å². The number of hydrogen-bond acceptors (Lipinski definition) is 3. The molecule has 1 aromatic carbocycles. The van der Waals surface area contributed by atoms with Gasteiger partial charge in [0, 0.05) is 26.1 Å². The molecule has 1 atom stereocenters. The molecule has 0 aliphatic carbocycles. The Kier molecular flexibility index (Phi) is 7.14. The van der Waals surface area contributed by atoms with E-state index in [-0.39, 0.29) is 29.6 Å². The summed E-state index contributed by atoms with van der Waals surface area (Å²) in [5.74, 6) is 0.0495. The van der Waals surface area contributed by atoms with E-state index in [1.165, 1.54) is 12.1 Å². The molecule has 0 bridgehead atoms. The summed E-state index contributed by atoms with van der Waals surface area (Å²) in [4.78, 5) is 31.0. The van der Waals surface area contributed by atoms with Crippen molar-refractivity contribution in [1.82, 2.24) is 14.7 Å². The lowest BCUT2D eigenvalue weighted by Crippen LogP contribution is -2.48. The monoisotopic (exact) mass is 363 g/mol. The molecule has 0 aromatic heterocycles. The molecule has 5 nitrogen and oxygen atoms in total. The summed E-state index contributed by atoms with van der Waals surface area (Å²) in [6, 6.07) is 6.20. The van der Waals surface area contributed by atoms with Crippen molar-refractivity contribution in [2.24, 2.45) is 5.92 Å². The molecular formula is C20H30FN3O2. The molecule has 26 heavy (non-hydrogen) atoms. The maximum atomic E-state index is 13.2. The second kappa shape index (κ2) is 9.12. The van der Waals surface area contributed by atoms with Crippen LogP contribution in [0.25, 0.3) is 0 Å². The number of halogens is 1. The minimum absolute atomic E-state index is 0.0483. The molecule has 0 spiro atoms. The Morgan fingerprint density at radius 1 is 1.31 bits per heavy atom. The molecule has 1 aliphatic rings. The molecule has 1 aromatic rings. The molecule has 6 heteroatoms. The molecule has 1 aliphatic heterocycles. The van der Waals surface area contributed by atoms with E-state index in [9.17, 15) is 14.0 Å². The Labute approximate surface area is 155 Å². The number of likely N-dealkylation sites (N-methyl/N-ethyl adjacent to an activating group) is 1. The lowest BCUT2D eigenvalue weighted by molar-refractivity contribution is -0.134. The standard InChI is InChI=1S/C20H30FN3O2/c1-5-22(4)14-20(26)23-11-10-19(25)24(18(13-23)15(2)3)12-16-6-8-17(21)9-7-16/h6-9,15,18H,5,10-14H2,1-4H3/t18-/m0/s1. The summed E-state index contributed by atoms with van der Waals surface area (Å²) in [5, 5.41) is 0. The number of amides is 2. The minimum Gasteiger partial charge on any atom is -0.339 e. The Hall–Kier alpha value is -1.95. The van der Waals surface area contributed by atoms with Crippen LogP contribution in [0.2, 0.25) is 0 Å². The Morgan fingerprint density at radius 3 is 2.54 bits per heavy atom. The first-order chi connectivity index (χ1) is 12.3. The molecule has 0 radical (unpaired) electrons. The zero-order chi connectivity index (χ0) is 19.3. The first-order valence-corrected chi connectivity index (χ1v) is 9.32. The van der Waals surface area contributed by atoms with Crippen LogP contribution in [0, 0.1) is 11.7 Å². The summed E-state index contributed by atoms with van der Waals surface area (Å²) < 4.78 is 13.2. The van der Waals surface area contributed by atoms with Gasteiger partial charge in [-0.3, -0.25) is 14.5 Å². The van der Waals surface area contributed by atoms with Crippen LogP contribution < -0.4 is 0 Å². The van der Waals surface area contributed by atoms with Crippen molar-refractivity contribution in [3.63, 3.8) is 0 Å². The summed E-state index contributed by atoms with van der Waals surface area (Å²) in [6.07, 6.45) is 0.325. The molecular weight excluding hydrogens is 333 g/mol. The van der Waals surface area contributed by atoms with Crippen molar-refractivity contribution in [2.75, 3.05) is 33.2 Å². The fourth-order valence-corrected chi connectivity index (χ4v) is 3.21. The lowest BCUT2D eigenvalue weighted by Gasteiger charge is -2.35. The molecule has 1 fully saturated rings. The van der Waals surface area contributed by atoms with Gasteiger partial charge in [0.2, 0.25) is 11.8 Å². The van der Waals surface area contributed by atoms with Crippen LogP contribution in [0.5, 0.6) is 0 Å². The van der Waals surface area contributed by atoms with Crippen LogP contribution in [0.3, 0.4) is 0 Å². The third-order valence-corrected chi connectivity index (χ3v) is 5.06. The molecule has 2 amide bonds. The van der Waals surface area contributed by atoms with Gasteiger partial charge in [-0.25, -0.2) is 4.39 Å². The van der Waals surface area contributed by atoms with Crippen LogP contribution in [0.1, 0.15) is 32.8 Å². The van der Waals surface area contributed by atoms with Gasteiger partial charge in [-0.2, -0.15) is 0 Å². The quantitative estimate of drug-likeness (QED) is 0.779. The molecule has 0 unspecified atom stereocenters. The number of benzene rings is 1. The fraction of sp³-hybridized carbons (Fsp3) is 0.600. The minimum atomic E-state index is -0.284. The molecule has 0 N–H and O–H groups in total. The summed E-state index contributed by atoms with van der Waals surface area (Å²) >= 11 is 0. The van der Waals surface area contributed by atoms with Crippen LogP contribution in [-0.4, -0.2) is 65.8 Å². The zero-order valence-corrected chi connectivity index (χ0v) is 16.2. The number of carbonyl (C=O) groups is 2. The smallest absolute Gasteiger partial charge is 0.236 e. The van der Waals surface area contributed by atoms with Gasteiger partial charge in [0.15, 0.2) is 0 Å². The van der Waals surface area contributed by atoms with Gasteiger partial charge in [-0.05, 0) is 37.2 Å². The molecule has 1 heterocycles. The first-order valence-electron chi connectivity index (χ1n) is 9.32. The van der Waals surface area contributed by atoms with Crippen molar-refractivity contribution in [3.05, 3.63) is 35.6 Å². The van der Waals surface area contributed by atoms with Crippen LogP contribution in [0.4, 0.5) is 4.39 Å². The van der Waals surface area contributed by atoms with Gasteiger partial charge in [-0.15, -0.1) is 0 Å². The van der Waals surface area contributed by atoms with Gasteiger partial charge >= 0.3 is 0 Å². The highest BCUT2D eigenvalue weighted by molar-refractivity contribution is 5.81. The van der Waals surface area contributed by atoms with Crippen molar-refractivity contribution >= 4 is 11.8 Å². The Balaban J connectivity index is 2.16. The van der Waals surface area contributed by atoms with E-state index < -0.39 is 0 Å².